The van der Waals surface area contributed by atoms with Crippen LogP contribution in [-0.4, -0.2) is 11.2 Å². The van der Waals surface area contributed by atoms with E-state index in [0.29, 0.717) is 6.42 Å². The van der Waals surface area contributed by atoms with Crippen LogP contribution in [0, 0.1) is 0 Å². The zero-order valence-corrected chi connectivity index (χ0v) is 8.26. The summed E-state index contributed by atoms with van der Waals surface area (Å²) in [5, 5.41) is 7.93. The van der Waals surface area contributed by atoms with E-state index in [-0.39, 0.29) is 17.1 Å². The number of carbonyl (C=O) groups excluding carboxylic acids is 1. The second-order valence-corrected chi connectivity index (χ2v) is 2.50. The number of hydrogen-bond donors (Lipinski definition) is 1. The Labute approximate surface area is 92.8 Å². The summed E-state index contributed by atoms with van der Waals surface area (Å²) >= 11 is 0. The van der Waals surface area contributed by atoms with Crippen LogP contribution in [0.4, 0.5) is 0 Å². The number of hydrogen-bond acceptors (Lipinski definition) is 3. The van der Waals surface area contributed by atoms with E-state index in [1.54, 1.807) is 6.08 Å². The smallest absolute Gasteiger partial charge is 0.296 e. The van der Waals surface area contributed by atoms with Crippen LogP contribution in [0.25, 0.3) is 0 Å². The number of carbonyl (C=O) groups is 1. The van der Waals surface area contributed by atoms with E-state index >= 15 is 0 Å². The summed E-state index contributed by atoms with van der Waals surface area (Å²) in [6, 6.07) is 9.68. The average molecular weight is 242 g/mol. The van der Waals surface area contributed by atoms with Crippen LogP contribution in [-0.2, 0) is 33.2 Å². The van der Waals surface area contributed by atoms with E-state index in [9.17, 15) is 4.79 Å². The minimum Gasteiger partial charge on any atom is -0.296 e. The third-order valence-electron chi connectivity index (χ3n) is 1.54. The SMILES string of the molecule is O=C(/C=C/Cc1ccccc1)OO.[Cu]. The Bertz CT molecular complexity index is 295. The standard InChI is InChI=1S/C10H10O3.Cu/c11-10(13-12)8-4-7-9-5-2-1-3-6-9;/h1-6,8,12H,7H2;/b8-4+;. The molecule has 0 aromatic heterocycles. The maximum absolute atomic E-state index is 10.4. The molecule has 3 nitrogen and oxygen atoms in total. The molecule has 0 saturated carbocycles. The van der Waals surface area contributed by atoms with Crippen LogP contribution in [0.15, 0.2) is 42.5 Å². The first-order chi connectivity index (χ1) is 6.33. The second kappa shape index (κ2) is 7.33. The van der Waals surface area contributed by atoms with Gasteiger partial charge in [-0.1, -0.05) is 36.4 Å². The number of rotatable bonds is 3. The van der Waals surface area contributed by atoms with Crippen LogP contribution in [0.2, 0.25) is 0 Å². The van der Waals surface area contributed by atoms with Crippen LogP contribution in [0.3, 0.4) is 0 Å². The van der Waals surface area contributed by atoms with Crippen LogP contribution < -0.4 is 0 Å². The molecule has 0 heterocycles. The van der Waals surface area contributed by atoms with Gasteiger partial charge >= 0.3 is 5.97 Å². The van der Waals surface area contributed by atoms with Gasteiger partial charge in [0, 0.05) is 23.1 Å². The summed E-state index contributed by atoms with van der Waals surface area (Å²) in [5.41, 5.74) is 1.10. The van der Waals surface area contributed by atoms with Crippen molar-refractivity contribution in [3.63, 3.8) is 0 Å². The van der Waals surface area contributed by atoms with Crippen molar-refractivity contribution >= 4 is 5.97 Å². The van der Waals surface area contributed by atoms with Gasteiger partial charge in [0.1, 0.15) is 0 Å². The second-order valence-electron chi connectivity index (χ2n) is 2.50. The summed E-state index contributed by atoms with van der Waals surface area (Å²) in [5.74, 6) is -0.754. The maximum atomic E-state index is 10.4. The Morgan fingerprint density at radius 2 is 2.00 bits per heavy atom. The van der Waals surface area contributed by atoms with Crippen molar-refractivity contribution < 1.29 is 32.0 Å². The van der Waals surface area contributed by atoms with Gasteiger partial charge in [0.05, 0.1) is 0 Å². The van der Waals surface area contributed by atoms with Gasteiger partial charge in [0.2, 0.25) is 0 Å². The van der Waals surface area contributed by atoms with E-state index in [0.717, 1.165) is 5.56 Å². The molecule has 0 amide bonds. The first-order valence-corrected chi connectivity index (χ1v) is 3.89. The first kappa shape index (κ1) is 12.9. The van der Waals surface area contributed by atoms with Crippen molar-refractivity contribution in [3.05, 3.63) is 48.0 Å². The molecule has 0 aliphatic rings. The third-order valence-corrected chi connectivity index (χ3v) is 1.54. The minimum atomic E-state index is -0.754. The Morgan fingerprint density at radius 3 is 2.57 bits per heavy atom. The molecule has 1 N–H and O–H groups in total. The first-order valence-electron chi connectivity index (χ1n) is 3.89. The zero-order valence-electron chi connectivity index (χ0n) is 7.31. The molecule has 0 unspecified atom stereocenters. The predicted molar refractivity (Wildman–Crippen MR) is 48.0 cm³/mol. The summed E-state index contributed by atoms with van der Waals surface area (Å²) in [4.78, 5) is 13.9. The molecule has 0 spiro atoms. The van der Waals surface area contributed by atoms with Gasteiger partial charge in [-0.25, -0.2) is 4.79 Å². The van der Waals surface area contributed by atoms with E-state index in [4.69, 9.17) is 5.26 Å². The molecule has 1 aromatic rings. The Kier molecular flexibility index (Phi) is 6.76. The van der Waals surface area contributed by atoms with E-state index in [2.05, 4.69) is 4.89 Å². The van der Waals surface area contributed by atoms with Crippen molar-refractivity contribution in [2.24, 2.45) is 0 Å². The molecule has 14 heavy (non-hydrogen) atoms. The molecule has 0 saturated heterocycles. The molecule has 0 aliphatic heterocycles. The zero-order chi connectivity index (χ0) is 9.52. The average Bonchev–Trinajstić information content (AvgIpc) is 2.19. The molecular weight excluding hydrogens is 232 g/mol. The van der Waals surface area contributed by atoms with E-state index < -0.39 is 5.97 Å². The number of allylic oxidation sites excluding steroid dienone is 1. The predicted octanol–water partition coefficient (Wildman–Crippen LogP) is 1.80. The Morgan fingerprint density at radius 1 is 1.36 bits per heavy atom. The summed E-state index contributed by atoms with van der Waals surface area (Å²) in [7, 11) is 0. The van der Waals surface area contributed by atoms with Crippen molar-refractivity contribution in [2.45, 2.75) is 6.42 Å². The van der Waals surface area contributed by atoms with E-state index in [1.807, 2.05) is 30.3 Å². The summed E-state index contributed by atoms with van der Waals surface area (Å²) in [6.45, 7) is 0. The van der Waals surface area contributed by atoms with Crippen molar-refractivity contribution in [2.75, 3.05) is 0 Å². The van der Waals surface area contributed by atoms with Crippen molar-refractivity contribution in [1.82, 2.24) is 0 Å². The Hall–Kier alpha value is -1.09. The van der Waals surface area contributed by atoms with E-state index in [1.165, 1.54) is 6.08 Å². The normalized spacial score (nSPS) is 9.50. The molecular formula is C10H10CuO3. The quantitative estimate of drug-likeness (QED) is 0.380. The maximum Gasteiger partial charge on any atom is 0.365 e. The summed E-state index contributed by atoms with van der Waals surface area (Å²) < 4.78 is 0. The fourth-order valence-electron chi connectivity index (χ4n) is 0.936. The van der Waals surface area contributed by atoms with Gasteiger partial charge < -0.3 is 0 Å². The Balaban J connectivity index is 0.00000169. The van der Waals surface area contributed by atoms with Gasteiger partial charge in [-0.3, -0.25) is 4.89 Å². The molecule has 0 fully saturated rings. The molecule has 4 heteroatoms. The van der Waals surface area contributed by atoms with Crippen molar-refractivity contribution in [1.29, 1.82) is 0 Å². The molecule has 1 rings (SSSR count). The molecule has 0 bridgehead atoms. The van der Waals surface area contributed by atoms with Crippen LogP contribution in [0.1, 0.15) is 5.56 Å². The molecule has 0 atom stereocenters. The molecule has 1 aromatic carbocycles. The fourth-order valence-corrected chi connectivity index (χ4v) is 0.936. The van der Waals surface area contributed by atoms with Gasteiger partial charge in [-0.15, -0.1) is 0 Å². The van der Waals surface area contributed by atoms with Crippen molar-refractivity contribution in [3.8, 4) is 0 Å². The molecule has 0 aliphatic carbocycles. The van der Waals surface area contributed by atoms with Gasteiger partial charge in [-0.2, -0.15) is 5.26 Å². The summed E-state index contributed by atoms with van der Waals surface area (Å²) in [6.07, 6.45) is 3.47. The largest absolute Gasteiger partial charge is 0.365 e. The third kappa shape index (κ3) is 4.82. The molecule has 1 radical (unpaired) electrons. The van der Waals surface area contributed by atoms with Crippen LogP contribution in [0.5, 0.6) is 0 Å². The minimum absolute atomic E-state index is 0. The number of benzene rings is 1. The van der Waals surface area contributed by atoms with Gasteiger partial charge in [0.15, 0.2) is 0 Å². The molecule has 79 valence electrons. The topological polar surface area (TPSA) is 46.5 Å². The monoisotopic (exact) mass is 241 g/mol. The van der Waals surface area contributed by atoms with Gasteiger partial charge in [0.25, 0.3) is 0 Å². The fraction of sp³-hybridized carbons (Fsp3) is 0.100. The van der Waals surface area contributed by atoms with Gasteiger partial charge in [-0.05, 0) is 12.0 Å². The van der Waals surface area contributed by atoms with Crippen LogP contribution >= 0.6 is 0 Å².